The van der Waals surface area contributed by atoms with Gasteiger partial charge in [0, 0.05) is 6.07 Å². The summed E-state index contributed by atoms with van der Waals surface area (Å²) in [7, 11) is 3.30. The van der Waals surface area contributed by atoms with E-state index in [0.717, 1.165) is 17.1 Å². The first-order valence-electron chi connectivity index (χ1n) is 7.31. The molecule has 0 N–H and O–H groups in total. The molecular weight excluding hydrogens is 371 g/mol. The van der Waals surface area contributed by atoms with Crippen molar-refractivity contribution in [2.75, 3.05) is 20.8 Å². The number of halogens is 3. The molecule has 0 radical (unpaired) electrons. The maximum absolute atomic E-state index is 5.81. The van der Waals surface area contributed by atoms with E-state index in [0.29, 0.717) is 27.4 Å². The Balaban J connectivity index is 0.000000240. The molecule has 2 aromatic rings. The number of methoxy groups -OCH3 is 2. The molecule has 0 heterocycles. The van der Waals surface area contributed by atoms with Gasteiger partial charge in [-0.3, -0.25) is 0 Å². The van der Waals surface area contributed by atoms with Crippen LogP contribution >= 0.6 is 34.8 Å². The number of aryl methyl sites for hydroxylation is 1. The number of ether oxygens (including phenoxy) is 3. The van der Waals surface area contributed by atoms with Crippen molar-refractivity contribution in [3.05, 3.63) is 50.5 Å². The smallest absolute Gasteiger partial charge is 0.163 e. The van der Waals surface area contributed by atoms with Crippen molar-refractivity contribution in [3.63, 3.8) is 0 Å². The van der Waals surface area contributed by atoms with Crippen molar-refractivity contribution in [3.8, 4) is 17.2 Å². The van der Waals surface area contributed by atoms with Crippen LogP contribution in [0.2, 0.25) is 15.1 Å². The average Bonchev–Trinajstić information content (AvgIpc) is 2.56. The van der Waals surface area contributed by atoms with Gasteiger partial charge in [-0.05, 0) is 44.0 Å². The van der Waals surface area contributed by atoms with E-state index in [1.54, 1.807) is 26.4 Å². The number of benzene rings is 2. The summed E-state index contributed by atoms with van der Waals surface area (Å²) in [6.07, 6.45) is 0. The Morgan fingerprint density at radius 2 is 1.46 bits per heavy atom. The summed E-state index contributed by atoms with van der Waals surface area (Å²) >= 11 is 17.3. The third-order valence-electron chi connectivity index (χ3n) is 3.34. The van der Waals surface area contributed by atoms with E-state index >= 15 is 0 Å². The maximum Gasteiger partial charge on any atom is 0.163 e. The summed E-state index contributed by atoms with van der Waals surface area (Å²) in [5.41, 5.74) is 2.35. The van der Waals surface area contributed by atoms with Crippen LogP contribution in [-0.4, -0.2) is 20.8 Å². The van der Waals surface area contributed by atoms with Gasteiger partial charge in [0.1, 0.15) is 5.75 Å². The van der Waals surface area contributed by atoms with E-state index in [4.69, 9.17) is 49.0 Å². The van der Waals surface area contributed by atoms with E-state index < -0.39 is 0 Å². The van der Waals surface area contributed by atoms with Gasteiger partial charge in [-0.2, -0.15) is 0 Å². The summed E-state index contributed by atoms with van der Waals surface area (Å²) < 4.78 is 15.6. The molecule has 0 saturated heterocycles. The Labute approximate surface area is 158 Å². The van der Waals surface area contributed by atoms with Gasteiger partial charge in [-0.15, -0.1) is 0 Å². The largest absolute Gasteiger partial charge is 0.493 e. The van der Waals surface area contributed by atoms with E-state index in [-0.39, 0.29) is 0 Å². The predicted octanol–water partition coefficient (Wildman–Crippen LogP) is 6.37. The summed E-state index contributed by atoms with van der Waals surface area (Å²) in [6.45, 7) is 6.50. The minimum atomic E-state index is 0.435. The van der Waals surface area contributed by atoms with E-state index in [1.165, 1.54) is 5.56 Å². The Morgan fingerprint density at radius 1 is 0.833 bits per heavy atom. The third-order valence-corrected chi connectivity index (χ3v) is 4.36. The zero-order valence-electron chi connectivity index (χ0n) is 14.4. The van der Waals surface area contributed by atoms with Gasteiger partial charge >= 0.3 is 0 Å². The van der Waals surface area contributed by atoms with Crippen LogP contribution < -0.4 is 14.2 Å². The van der Waals surface area contributed by atoms with Crippen molar-refractivity contribution in [1.29, 1.82) is 0 Å². The SMILES string of the molecule is CCOc1cc(Cl)c(Cl)cc1Cl.COc1ccc(C)c(C)c1OC. The number of rotatable bonds is 4. The van der Waals surface area contributed by atoms with Crippen LogP contribution in [0.25, 0.3) is 0 Å². The van der Waals surface area contributed by atoms with Crippen LogP contribution in [0.1, 0.15) is 18.1 Å². The Morgan fingerprint density at radius 3 is 2.00 bits per heavy atom. The molecule has 0 bridgehead atoms. The Bertz CT molecular complexity index is 688. The molecule has 2 aromatic carbocycles. The molecule has 0 saturated carbocycles. The van der Waals surface area contributed by atoms with Gasteiger partial charge in [0.05, 0.1) is 35.9 Å². The second kappa shape index (κ2) is 9.87. The fraction of sp³-hybridized carbons (Fsp3) is 0.333. The molecule has 24 heavy (non-hydrogen) atoms. The molecule has 3 nitrogen and oxygen atoms in total. The van der Waals surface area contributed by atoms with E-state index in [1.807, 2.05) is 26.0 Å². The van der Waals surface area contributed by atoms with E-state index in [2.05, 4.69) is 6.92 Å². The molecule has 132 valence electrons. The lowest BCUT2D eigenvalue weighted by molar-refractivity contribution is 0.340. The van der Waals surface area contributed by atoms with Crippen molar-refractivity contribution in [1.82, 2.24) is 0 Å². The lowest BCUT2D eigenvalue weighted by atomic mass is 10.1. The summed E-state index contributed by atoms with van der Waals surface area (Å²) in [6, 6.07) is 7.12. The molecule has 0 aromatic heterocycles. The van der Waals surface area contributed by atoms with Crippen molar-refractivity contribution < 1.29 is 14.2 Å². The predicted molar refractivity (Wildman–Crippen MR) is 102 cm³/mol. The second-order valence-corrected chi connectivity index (χ2v) is 6.09. The quantitative estimate of drug-likeness (QED) is 0.567. The van der Waals surface area contributed by atoms with Crippen molar-refractivity contribution >= 4 is 34.8 Å². The first kappa shape index (κ1) is 20.8. The van der Waals surface area contributed by atoms with Crippen molar-refractivity contribution in [2.45, 2.75) is 20.8 Å². The van der Waals surface area contributed by atoms with Gasteiger partial charge in [-0.25, -0.2) is 0 Å². The highest BCUT2D eigenvalue weighted by molar-refractivity contribution is 6.43. The zero-order chi connectivity index (χ0) is 18.3. The second-order valence-electron chi connectivity index (χ2n) is 4.87. The lowest BCUT2D eigenvalue weighted by Gasteiger charge is -2.11. The lowest BCUT2D eigenvalue weighted by Crippen LogP contribution is -1.94. The highest BCUT2D eigenvalue weighted by Gasteiger charge is 2.07. The number of hydrogen-bond acceptors (Lipinski definition) is 3. The maximum atomic E-state index is 5.81. The standard InChI is InChI=1S/C10H14O2.C8H7Cl3O/c1-7-5-6-9(11-3)10(12-4)8(7)2;1-2-12-8-4-6(10)5(9)3-7(8)11/h5-6H,1-4H3;3-4H,2H2,1H3. The summed E-state index contributed by atoms with van der Waals surface area (Å²) in [5.74, 6) is 2.19. The number of hydrogen-bond donors (Lipinski definition) is 0. The fourth-order valence-electron chi connectivity index (χ4n) is 1.95. The Hall–Kier alpha value is -1.29. The summed E-state index contributed by atoms with van der Waals surface area (Å²) in [5, 5.41) is 1.36. The molecule has 0 unspecified atom stereocenters. The molecule has 2 rings (SSSR count). The first-order chi connectivity index (χ1) is 11.3. The molecule has 0 aliphatic rings. The van der Waals surface area contributed by atoms with Crippen LogP contribution in [0, 0.1) is 13.8 Å². The highest BCUT2D eigenvalue weighted by Crippen LogP contribution is 2.34. The highest BCUT2D eigenvalue weighted by atomic mass is 35.5. The molecule has 0 fully saturated rings. The minimum Gasteiger partial charge on any atom is -0.493 e. The molecule has 0 atom stereocenters. The first-order valence-corrected chi connectivity index (χ1v) is 8.44. The molecular formula is C18H21Cl3O3. The summed E-state index contributed by atoms with van der Waals surface area (Å²) in [4.78, 5) is 0. The monoisotopic (exact) mass is 390 g/mol. The van der Waals surface area contributed by atoms with Gasteiger partial charge in [0.15, 0.2) is 11.5 Å². The van der Waals surface area contributed by atoms with Gasteiger partial charge in [0.2, 0.25) is 0 Å². The molecule has 0 aliphatic heterocycles. The van der Waals surface area contributed by atoms with Gasteiger partial charge in [-0.1, -0.05) is 40.9 Å². The molecule has 0 spiro atoms. The van der Waals surface area contributed by atoms with Crippen LogP contribution in [0.5, 0.6) is 17.2 Å². The van der Waals surface area contributed by atoms with Gasteiger partial charge < -0.3 is 14.2 Å². The van der Waals surface area contributed by atoms with Crippen LogP contribution in [0.3, 0.4) is 0 Å². The third kappa shape index (κ3) is 5.37. The average molecular weight is 392 g/mol. The van der Waals surface area contributed by atoms with Crippen LogP contribution in [-0.2, 0) is 0 Å². The molecule has 0 aliphatic carbocycles. The zero-order valence-corrected chi connectivity index (χ0v) is 16.6. The van der Waals surface area contributed by atoms with Crippen LogP contribution in [0.4, 0.5) is 0 Å². The normalized spacial score (nSPS) is 9.83. The van der Waals surface area contributed by atoms with E-state index in [9.17, 15) is 0 Å². The minimum absolute atomic E-state index is 0.435. The fourth-order valence-corrected chi connectivity index (χ4v) is 2.54. The van der Waals surface area contributed by atoms with Gasteiger partial charge in [0.25, 0.3) is 0 Å². The molecule has 6 heteroatoms. The van der Waals surface area contributed by atoms with Crippen LogP contribution in [0.15, 0.2) is 24.3 Å². The molecule has 0 amide bonds. The Kier molecular flexibility index (Phi) is 8.54. The topological polar surface area (TPSA) is 27.7 Å². The van der Waals surface area contributed by atoms with Crippen molar-refractivity contribution in [2.24, 2.45) is 0 Å².